The normalized spacial score (nSPS) is 12.3. The zero-order valence-electron chi connectivity index (χ0n) is 10.8. The molecule has 4 nitrogen and oxygen atoms in total. The molecule has 0 bridgehead atoms. The molecule has 0 fully saturated rings. The number of fused-ring (bicyclic) bond motifs is 1. The summed E-state index contributed by atoms with van der Waals surface area (Å²) in [4.78, 5) is 11.9. The van der Waals surface area contributed by atoms with Gasteiger partial charge in [-0.2, -0.15) is 0 Å². The first-order chi connectivity index (χ1) is 10.1. The molecule has 1 aliphatic rings. The third-order valence-corrected chi connectivity index (χ3v) is 3.75. The van der Waals surface area contributed by atoms with Crippen molar-refractivity contribution in [2.75, 3.05) is 6.79 Å². The minimum Gasteiger partial charge on any atom is -0.457 e. The summed E-state index contributed by atoms with van der Waals surface area (Å²) in [6.07, 6.45) is 0. The number of ether oxygens (including phenoxy) is 3. The van der Waals surface area contributed by atoms with Crippen LogP contribution < -0.4 is 9.47 Å². The first-order valence-electron chi connectivity index (χ1n) is 6.14. The Bertz CT molecular complexity index is 685. The maximum atomic E-state index is 11.9. The Morgan fingerprint density at radius 3 is 2.76 bits per heavy atom. The fourth-order valence-electron chi connectivity index (χ4n) is 1.92. The summed E-state index contributed by atoms with van der Waals surface area (Å²) in [5.41, 5.74) is 1.24. The van der Waals surface area contributed by atoms with Gasteiger partial charge in [0.15, 0.2) is 11.5 Å². The molecule has 0 aliphatic carbocycles. The number of carbonyl (C=O) groups is 1. The van der Waals surface area contributed by atoms with Crippen molar-refractivity contribution in [1.82, 2.24) is 0 Å². The molecule has 0 N–H and O–H groups in total. The molecule has 6 heteroatoms. The van der Waals surface area contributed by atoms with Gasteiger partial charge in [0.2, 0.25) is 6.79 Å². The highest BCUT2D eigenvalue weighted by Crippen LogP contribution is 2.39. The van der Waals surface area contributed by atoms with Crippen molar-refractivity contribution >= 4 is 33.5 Å². The SMILES string of the molecule is O=C(OCc1cc(Cl)c2c(c1)OCO2)c1ccc(Br)cc1. The average Bonchev–Trinajstić information content (AvgIpc) is 2.94. The molecule has 0 radical (unpaired) electrons. The Kier molecular flexibility index (Phi) is 4.03. The van der Waals surface area contributed by atoms with Crippen LogP contribution in [0, 0.1) is 0 Å². The van der Waals surface area contributed by atoms with Crippen molar-refractivity contribution in [3.8, 4) is 11.5 Å². The fourth-order valence-corrected chi connectivity index (χ4v) is 2.47. The smallest absolute Gasteiger partial charge is 0.338 e. The highest BCUT2D eigenvalue weighted by Gasteiger charge is 2.18. The molecule has 0 saturated heterocycles. The van der Waals surface area contributed by atoms with Crippen LogP contribution >= 0.6 is 27.5 Å². The van der Waals surface area contributed by atoms with Gasteiger partial charge in [-0.25, -0.2) is 4.79 Å². The number of hydrogen-bond acceptors (Lipinski definition) is 4. The molecule has 0 amide bonds. The van der Waals surface area contributed by atoms with E-state index in [1.165, 1.54) is 0 Å². The lowest BCUT2D eigenvalue weighted by atomic mass is 10.2. The largest absolute Gasteiger partial charge is 0.457 e. The Labute approximate surface area is 134 Å². The number of hydrogen-bond donors (Lipinski definition) is 0. The van der Waals surface area contributed by atoms with Gasteiger partial charge in [-0.15, -0.1) is 0 Å². The highest BCUT2D eigenvalue weighted by atomic mass is 79.9. The van der Waals surface area contributed by atoms with E-state index in [0.29, 0.717) is 22.1 Å². The molecule has 0 saturated carbocycles. The van der Waals surface area contributed by atoms with E-state index in [0.717, 1.165) is 10.0 Å². The van der Waals surface area contributed by atoms with E-state index < -0.39 is 5.97 Å². The van der Waals surface area contributed by atoms with Gasteiger partial charge in [0.25, 0.3) is 0 Å². The minimum absolute atomic E-state index is 0.116. The summed E-state index contributed by atoms with van der Waals surface area (Å²) >= 11 is 9.39. The topological polar surface area (TPSA) is 44.8 Å². The highest BCUT2D eigenvalue weighted by molar-refractivity contribution is 9.10. The van der Waals surface area contributed by atoms with Crippen LogP contribution in [0.2, 0.25) is 5.02 Å². The van der Waals surface area contributed by atoms with E-state index >= 15 is 0 Å². The molecule has 3 rings (SSSR count). The fraction of sp³-hybridized carbons (Fsp3) is 0.133. The van der Waals surface area contributed by atoms with Crippen LogP contribution in [0.25, 0.3) is 0 Å². The second-order valence-corrected chi connectivity index (χ2v) is 5.72. The summed E-state index contributed by atoms with van der Waals surface area (Å²) in [5, 5.41) is 0.444. The quantitative estimate of drug-likeness (QED) is 0.761. The second kappa shape index (κ2) is 5.95. The summed E-state index contributed by atoms with van der Waals surface area (Å²) < 4.78 is 16.7. The zero-order valence-corrected chi connectivity index (χ0v) is 13.1. The summed E-state index contributed by atoms with van der Waals surface area (Å²) in [6.45, 7) is 0.266. The Morgan fingerprint density at radius 2 is 2.00 bits per heavy atom. The lowest BCUT2D eigenvalue weighted by Crippen LogP contribution is -2.05. The van der Waals surface area contributed by atoms with Gasteiger partial charge in [-0.1, -0.05) is 27.5 Å². The Hall–Kier alpha value is -1.72. The van der Waals surface area contributed by atoms with Crippen LogP contribution in [0.15, 0.2) is 40.9 Å². The molecule has 0 atom stereocenters. The molecule has 21 heavy (non-hydrogen) atoms. The van der Waals surface area contributed by atoms with Crippen molar-refractivity contribution in [2.24, 2.45) is 0 Å². The van der Waals surface area contributed by atoms with E-state index in [2.05, 4.69) is 15.9 Å². The molecular formula is C15H10BrClO4. The lowest BCUT2D eigenvalue weighted by Gasteiger charge is -2.07. The number of carbonyl (C=O) groups excluding carboxylic acids is 1. The molecule has 1 aliphatic heterocycles. The van der Waals surface area contributed by atoms with Crippen molar-refractivity contribution < 1.29 is 19.0 Å². The van der Waals surface area contributed by atoms with Gasteiger partial charge in [0.05, 0.1) is 10.6 Å². The Balaban J connectivity index is 1.69. The summed E-state index contributed by atoms with van der Waals surface area (Å²) in [6, 6.07) is 10.4. The average molecular weight is 370 g/mol. The number of rotatable bonds is 3. The van der Waals surface area contributed by atoms with Gasteiger partial charge < -0.3 is 14.2 Å². The van der Waals surface area contributed by atoms with Crippen molar-refractivity contribution in [1.29, 1.82) is 0 Å². The number of benzene rings is 2. The van der Waals surface area contributed by atoms with Crippen LogP contribution in [0.3, 0.4) is 0 Å². The predicted molar refractivity (Wildman–Crippen MR) is 80.8 cm³/mol. The number of halogens is 2. The van der Waals surface area contributed by atoms with Crippen LogP contribution in [0.1, 0.15) is 15.9 Å². The molecule has 2 aromatic carbocycles. The maximum absolute atomic E-state index is 11.9. The van der Waals surface area contributed by atoms with Gasteiger partial charge in [0.1, 0.15) is 6.61 Å². The van der Waals surface area contributed by atoms with Gasteiger partial charge in [-0.3, -0.25) is 0 Å². The van der Waals surface area contributed by atoms with Crippen molar-refractivity contribution in [3.63, 3.8) is 0 Å². The maximum Gasteiger partial charge on any atom is 0.338 e. The summed E-state index contributed by atoms with van der Waals surface area (Å²) in [7, 11) is 0. The summed E-state index contributed by atoms with van der Waals surface area (Å²) in [5.74, 6) is 0.702. The first-order valence-corrected chi connectivity index (χ1v) is 7.31. The van der Waals surface area contributed by atoms with E-state index in [1.807, 2.05) is 0 Å². The second-order valence-electron chi connectivity index (χ2n) is 4.39. The van der Waals surface area contributed by atoms with E-state index in [1.54, 1.807) is 36.4 Å². The molecule has 1 heterocycles. The molecule has 0 aromatic heterocycles. The van der Waals surface area contributed by atoms with Crippen molar-refractivity contribution in [3.05, 3.63) is 57.0 Å². The minimum atomic E-state index is -0.392. The predicted octanol–water partition coefficient (Wildman–Crippen LogP) is 4.19. The molecular weight excluding hydrogens is 360 g/mol. The molecule has 108 valence electrons. The van der Waals surface area contributed by atoms with Crippen LogP contribution in [-0.4, -0.2) is 12.8 Å². The zero-order chi connectivity index (χ0) is 14.8. The Morgan fingerprint density at radius 1 is 1.24 bits per heavy atom. The lowest BCUT2D eigenvalue weighted by molar-refractivity contribution is 0.0472. The first kappa shape index (κ1) is 14.2. The van der Waals surface area contributed by atoms with Gasteiger partial charge in [-0.05, 0) is 42.0 Å². The standard InChI is InChI=1S/C15H10BrClO4/c16-11-3-1-10(2-4-11)15(18)19-7-9-5-12(17)14-13(6-9)20-8-21-14/h1-6H,7-8H2. The van der Waals surface area contributed by atoms with E-state index in [-0.39, 0.29) is 13.4 Å². The number of esters is 1. The van der Waals surface area contributed by atoms with Crippen LogP contribution in [-0.2, 0) is 11.3 Å². The molecule has 0 spiro atoms. The van der Waals surface area contributed by atoms with E-state index in [4.69, 9.17) is 25.8 Å². The van der Waals surface area contributed by atoms with Gasteiger partial charge >= 0.3 is 5.97 Å². The third kappa shape index (κ3) is 3.14. The van der Waals surface area contributed by atoms with Gasteiger partial charge in [0, 0.05) is 4.47 Å². The van der Waals surface area contributed by atoms with Crippen molar-refractivity contribution in [2.45, 2.75) is 6.61 Å². The molecule has 2 aromatic rings. The van der Waals surface area contributed by atoms with Crippen LogP contribution in [0.4, 0.5) is 0 Å². The molecule has 0 unspecified atom stereocenters. The third-order valence-electron chi connectivity index (χ3n) is 2.94. The van der Waals surface area contributed by atoms with Crippen LogP contribution in [0.5, 0.6) is 11.5 Å². The van der Waals surface area contributed by atoms with E-state index in [9.17, 15) is 4.79 Å². The monoisotopic (exact) mass is 368 g/mol.